The summed E-state index contributed by atoms with van der Waals surface area (Å²) in [4.78, 5) is 22.9. The first-order chi connectivity index (χ1) is 15.3. The molecule has 1 saturated heterocycles. The van der Waals surface area contributed by atoms with Gasteiger partial charge in [0.2, 0.25) is 0 Å². The van der Waals surface area contributed by atoms with Gasteiger partial charge in [-0.05, 0) is 64.2 Å². The molecule has 1 saturated carbocycles. The number of aromatic nitrogens is 3. The summed E-state index contributed by atoms with van der Waals surface area (Å²) in [7, 11) is 0. The van der Waals surface area contributed by atoms with Gasteiger partial charge in [-0.15, -0.1) is 0 Å². The number of carbonyl (C=O) groups is 1. The lowest BCUT2D eigenvalue weighted by Gasteiger charge is -2.40. The van der Waals surface area contributed by atoms with Gasteiger partial charge in [0, 0.05) is 37.4 Å². The van der Waals surface area contributed by atoms with Crippen molar-refractivity contribution in [2.45, 2.75) is 64.6 Å². The number of nitrogens with one attached hydrogen (secondary N) is 2. The molecule has 2 N–H and O–H groups in total. The van der Waals surface area contributed by atoms with Gasteiger partial charge in [0.25, 0.3) is 0 Å². The van der Waals surface area contributed by atoms with Gasteiger partial charge in [-0.2, -0.15) is 5.10 Å². The fraction of sp³-hybridized carbons (Fsp3) is 0.522. The number of nitrogens with zero attached hydrogens (tertiary/aromatic N) is 6. The number of carbonyl (C=O) groups excluding carboxylic acids is 1. The molecule has 2 aliphatic rings. The van der Waals surface area contributed by atoms with E-state index in [-0.39, 0.29) is 24.0 Å². The van der Waals surface area contributed by atoms with Crippen LogP contribution in [-0.4, -0.2) is 67.9 Å². The van der Waals surface area contributed by atoms with Gasteiger partial charge in [-0.25, -0.2) is 9.78 Å². The molecule has 0 aromatic carbocycles. The molecular weight excluding hydrogens is 404 g/mol. The van der Waals surface area contributed by atoms with Gasteiger partial charge in [-0.1, -0.05) is 6.07 Å². The van der Waals surface area contributed by atoms with E-state index in [9.17, 15) is 4.79 Å². The summed E-state index contributed by atoms with van der Waals surface area (Å²) in [6.07, 6.45) is 7.15. The van der Waals surface area contributed by atoms with Crippen molar-refractivity contribution in [1.82, 2.24) is 24.6 Å². The molecule has 0 unspecified atom stereocenters. The second-order valence-corrected chi connectivity index (χ2v) is 9.16. The van der Waals surface area contributed by atoms with Gasteiger partial charge in [0.1, 0.15) is 11.5 Å². The van der Waals surface area contributed by atoms with Crippen LogP contribution in [0.5, 0.6) is 0 Å². The predicted molar refractivity (Wildman–Crippen MR) is 125 cm³/mol. The summed E-state index contributed by atoms with van der Waals surface area (Å²) in [6.45, 7) is 9.36. The molecule has 0 bridgehead atoms. The molecule has 3 heterocycles. The lowest BCUT2D eigenvalue weighted by atomic mass is 9.76. The van der Waals surface area contributed by atoms with Crippen molar-refractivity contribution in [3.05, 3.63) is 41.9 Å². The van der Waals surface area contributed by atoms with Crippen LogP contribution in [0.2, 0.25) is 0 Å². The average molecular weight is 437 g/mol. The molecule has 32 heavy (non-hydrogen) atoms. The maximum atomic E-state index is 13.2. The largest absolute Gasteiger partial charge is 0.326 e. The zero-order chi connectivity index (χ0) is 23.0. The molecule has 0 radical (unpaired) electrons. The maximum Gasteiger partial charge on any atom is 0.326 e. The second kappa shape index (κ2) is 8.72. The molecule has 4 rings (SSSR count). The van der Waals surface area contributed by atoms with Crippen molar-refractivity contribution in [3.63, 3.8) is 0 Å². The topological polar surface area (TPSA) is 105 Å². The van der Waals surface area contributed by atoms with E-state index in [0.29, 0.717) is 36.6 Å². The predicted octanol–water partition coefficient (Wildman–Crippen LogP) is 3.69. The lowest BCUT2D eigenvalue weighted by molar-refractivity contribution is 0.147. The molecule has 2 amide bonds. The standard InChI is InChI=1S/C23H32N8O/c1-15(2)30(14-24)22(25)20-6-5-7-21(27-20)29-9-8-28(23(29)32)19-10-17(11-19)18-12-26-31(13-18)16(3)4/h5-7,12-17,19,24-25H,8-11H2,1-4H3. The average Bonchev–Trinajstić information content (AvgIpc) is 3.35. The Labute approximate surface area is 189 Å². The molecule has 2 aromatic rings. The fourth-order valence-corrected chi connectivity index (χ4v) is 4.38. The van der Waals surface area contributed by atoms with Crippen LogP contribution in [0.1, 0.15) is 63.8 Å². The normalized spacial score (nSPS) is 20.8. The Morgan fingerprint density at radius 3 is 2.59 bits per heavy atom. The number of rotatable bonds is 7. The molecule has 9 nitrogen and oxygen atoms in total. The fourth-order valence-electron chi connectivity index (χ4n) is 4.38. The third-order valence-corrected chi connectivity index (χ3v) is 6.42. The van der Waals surface area contributed by atoms with E-state index in [0.717, 1.165) is 19.2 Å². The van der Waals surface area contributed by atoms with Crippen molar-refractivity contribution < 1.29 is 4.79 Å². The lowest BCUT2D eigenvalue weighted by Crippen LogP contribution is -2.46. The summed E-state index contributed by atoms with van der Waals surface area (Å²) < 4.78 is 1.99. The third kappa shape index (κ3) is 3.99. The molecule has 2 fully saturated rings. The summed E-state index contributed by atoms with van der Waals surface area (Å²) in [5.74, 6) is 1.17. The minimum absolute atomic E-state index is 0.0183. The number of pyridine rings is 1. The zero-order valence-electron chi connectivity index (χ0n) is 19.2. The Kier molecular flexibility index (Phi) is 5.99. The van der Waals surface area contributed by atoms with Crippen molar-refractivity contribution in [1.29, 1.82) is 10.8 Å². The molecule has 9 heteroatoms. The zero-order valence-corrected chi connectivity index (χ0v) is 19.2. The van der Waals surface area contributed by atoms with E-state index in [1.54, 1.807) is 15.9 Å². The first-order valence-corrected chi connectivity index (χ1v) is 11.3. The van der Waals surface area contributed by atoms with Gasteiger partial charge in [0.15, 0.2) is 5.84 Å². The van der Waals surface area contributed by atoms with Crippen molar-refractivity contribution >= 4 is 24.0 Å². The second-order valence-electron chi connectivity index (χ2n) is 9.16. The number of hydrogen-bond donors (Lipinski definition) is 2. The maximum absolute atomic E-state index is 13.2. The first kappa shape index (κ1) is 22.0. The van der Waals surface area contributed by atoms with Gasteiger partial charge in [0.05, 0.1) is 12.5 Å². The molecule has 0 spiro atoms. The minimum Gasteiger partial charge on any atom is -0.319 e. The number of urea groups is 1. The van der Waals surface area contributed by atoms with Gasteiger partial charge in [-0.3, -0.25) is 20.4 Å². The Morgan fingerprint density at radius 2 is 1.97 bits per heavy atom. The highest BCUT2D eigenvalue weighted by Gasteiger charge is 2.42. The van der Waals surface area contributed by atoms with Crippen LogP contribution in [0, 0.1) is 10.8 Å². The number of anilines is 1. The highest BCUT2D eigenvalue weighted by Crippen LogP contribution is 2.41. The van der Waals surface area contributed by atoms with Crippen LogP contribution in [-0.2, 0) is 0 Å². The van der Waals surface area contributed by atoms with E-state index < -0.39 is 0 Å². The highest BCUT2D eigenvalue weighted by molar-refractivity contribution is 6.01. The van der Waals surface area contributed by atoms with Crippen LogP contribution >= 0.6 is 0 Å². The van der Waals surface area contributed by atoms with Gasteiger partial charge < -0.3 is 9.80 Å². The molecule has 170 valence electrons. The summed E-state index contributed by atoms with van der Waals surface area (Å²) in [5.41, 5.74) is 1.71. The number of hydrogen-bond acceptors (Lipinski definition) is 5. The SMILES string of the molecule is CC(C)N(C=N)C(=N)c1cccc(N2CCN(C3CC(c4cnn(C(C)C)c4)C3)C2=O)n1. The Balaban J connectivity index is 1.41. The monoisotopic (exact) mass is 436 g/mol. The van der Waals surface area contributed by atoms with Gasteiger partial charge >= 0.3 is 6.03 Å². The van der Waals surface area contributed by atoms with Crippen molar-refractivity contribution in [2.75, 3.05) is 18.0 Å². The van der Waals surface area contributed by atoms with E-state index in [1.807, 2.05) is 41.8 Å². The minimum atomic E-state index is -0.0198. The highest BCUT2D eigenvalue weighted by atomic mass is 16.2. The third-order valence-electron chi connectivity index (χ3n) is 6.42. The summed E-state index contributed by atoms with van der Waals surface area (Å²) in [6, 6.07) is 5.93. The number of amides is 2. The Morgan fingerprint density at radius 1 is 1.22 bits per heavy atom. The van der Waals surface area contributed by atoms with Crippen molar-refractivity contribution in [2.24, 2.45) is 0 Å². The first-order valence-electron chi connectivity index (χ1n) is 11.3. The Hall–Kier alpha value is -3.23. The van der Waals surface area contributed by atoms with Crippen LogP contribution in [0.25, 0.3) is 0 Å². The van der Waals surface area contributed by atoms with Crippen LogP contribution in [0.3, 0.4) is 0 Å². The molecule has 0 atom stereocenters. The van der Waals surface area contributed by atoms with E-state index >= 15 is 0 Å². The molecule has 1 aliphatic carbocycles. The molecule has 1 aliphatic heterocycles. The van der Waals surface area contributed by atoms with E-state index in [4.69, 9.17) is 10.8 Å². The van der Waals surface area contributed by atoms with Crippen LogP contribution < -0.4 is 4.90 Å². The quantitative estimate of drug-likeness (QED) is 0.510. The molecule has 2 aromatic heterocycles. The van der Waals surface area contributed by atoms with Crippen LogP contribution in [0.15, 0.2) is 30.6 Å². The number of amidine groups is 1. The Bertz CT molecular complexity index is 1010. The summed E-state index contributed by atoms with van der Waals surface area (Å²) in [5, 5.41) is 20.4. The molecular formula is C23H32N8O. The van der Waals surface area contributed by atoms with Crippen molar-refractivity contribution in [3.8, 4) is 0 Å². The van der Waals surface area contributed by atoms with Crippen LogP contribution in [0.4, 0.5) is 10.6 Å². The van der Waals surface area contributed by atoms with E-state index in [2.05, 4.69) is 30.1 Å². The smallest absolute Gasteiger partial charge is 0.319 e. The van der Waals surface area contributed by atoms with E-state index in [1.165, 1.54) is 5.56 Å². The summed E-state index contributed by atoms with van der Waals surface area (Å²) >= 11 is 0.